The smallest absolute Gasteiger partial charge is 0.176 e. The molecule has 34 heavy (non-hydrogen) atoms. The molecule has 5 heteroatoms. The molecule has 0 aromatic heterocycles. The molecule has 0 amide bonds. The van der Waals surface area contributed by atoms with Gasteiger partial charge < -0.3 is 9.47 Å². The Labute approximate surface area is 204 Å². The second-order valence-electron chi connectivity index (χ2n) is 12.4. The average Bonchev–Trinajstić information content (AvgIpc) is 3.00. The average molecular weight is 471 g/mol. The molecule has 7 atom stereocenters. The molecular formula is C29H42O5. The van der Waals surface area contributed by atoms with E-state index >= 15 is 0 Å². The highest BCUT2D eigenvalue weighted by Crippen LogP contribution is 2.71. The van der Waals surface area contributed by atoms with E-state index in [0.29, 0.717) is 31.6 Å². The summed E-state index contributed by atoms with van der Waals surface area (Å²) in [7, 11) is 0. The summed E-state index contributed by atoms with van der Waals surface area (Å²) in [5.74, 6) is -0.428. The minimum atomic E-state index is -1.14. The number of rotatable bonds is 9. The minimum absolute atomic E-state index is 0.0576. The zero-order chi connectivity index (χ0) is 24.3. The van der Waals surface area contributed by atoms with Gasteiger partial charge in [-0.3, -0.25) is 14.4 Å². The number of carbonyl (C=O) groups is 3. The number of allylic oxidation sites excluding steroid dienone is 1. The summed E-state index contributed by atoms with van der Waals surface area (Å²) in [5, 5.41) is 0. The van der Waals surface area contributed by atoms with Crippen LogP contribution in [0.4, 0.5) is 0 Å². The van der Waals surface area contributed by atoms with E-state index in [0.717, 1.165) is 25.7 Å². The quantitative estimate of drug-likeness (QED) is 0.262. The molecule has 0 aromatic carbocycles. The molecule has 2 spiro atoms. The SMILES string of the molecule is C=C1C(=O)[C@]23C[C@H]1CC[C@H]2[C@]12CO[C@H](CC1=O)C(C)(C)[C@H]2[C@H](OCCCCCCCCC)C3=O. The molecule has 0 aromatic rings. The Kier molecular flexibility index (Phi) is 6.20. The predicted molar refractivity (Wildman–Crippen MR) is 129 cm³/mol. The van der Waals surface area contributed by atoms with Gasteiger partial charge >= 0.3 is 0 Å². The van der Waals surface area contributed by atoms with E-state index in [1.165, 1.54) is 32.1 Å². The van der Waals surface area contributed by atoms with Crippen molar-refractivity contribution in [2.75, 3.05) is 13.2 Å². The third-order valence-electron chi connectivity index (χ3n) is 10.4. The molecule has 4 aliphatic carbocycles. The largest absolute Gasteiger partial charge is 0.376 e. The van der Waals surface area contributed by atoms with Crippen molar-refractivity contribution in [1.82, 2.24) is 0 Å². The van der Waals surface area contributed by atoms with Crippen LogP contribution in [-0.4, -0.2) is 42.8 Å². The topological polar surface area (TPSA) is 69.7 Å². The molecule has 5 nitrogen and oxygen atoms in total. The van der Waals surface area contributed by atoms with Crippen molar-refractivity contribution in [3.63, 3.8) is 0 Å². The lowest BCUT2D eigenvalue weighted by molar-refractivity contribution is -0.272. The van der Waals surface area contributed by atoms with Crippen molar-refractivity contribution in [3.8, 4) is 0 Å². The number of ether oxygens (including phenoxy) is 2. The fraction of sp³-hybridized carbons (Fsp3) is 0.828. The van der Waals surface area contributed by atoms with Crippen molar-refractivity contribution >= 4 is 17.3 Å². The second-order valence-corrected chi connectivity index (χ2v) is 12.4. The third kappa shape index (κ3) is 3.14. The monoisotopic (exact) mass is 470 g/mol. The number of fused-ring (bicyclic) bond motifs is 3. The zero-order valence-corrected chi connectivity index (χ0v) is 21.3. The summed E-state index contributed by atoms with van der Waals surface area (Å²) >= 11 is 0. The highest BCUT2D eigenvalue weighted by atomic mass is 16.5. The van der Waals surface area contributed by atoms with Gasteiger partial charge in [-0.15, -0.1) is 0 Å². The van der Waals surface area contributed by atoms with Gasteiger partial charge in [0.15, 0.2) is 11.6 Å². The minimum Gasteiger partial charge on any atom is -0.376 e. The first-order chi connectivity index (χ1) is 16.2. The van der Waals surface area contributed by atoms with E-state index in [-0.39, 0.29) is 46.6 Å². The van der Waals surface area contributed by atoms with Gasteiger partial charge in [0.1, 0.15) is 11.9 Å². The second kappa shape index (κ2) is 8.65. The Morgan fingerprint density at radius 3 is 2.44 bits per heavy atom. The number of hydrogen-bond donors (Lipinski definition) is 0. The Balaban J connectivity index is 1.44. The fourth-order valence-electron chi connectivity index (χ4n) is 8.71. The van der Waals surface area contributed by atoms with E-state index in [4.69, 9.17) is 9.47 Å². The maximum atomic E-state index is 14.3. The molecule has 2 aliphatic heterocycles. The van der Waals surface area contributed by atoms with Crippen LogP contribution in [0.5, 0.6) is 0 Å². The summed E-state index contributed by atoms with van der Waals surface area (Å²) in [4.78, 5) is 41.8. The van der Waals surface area contributed by atoms with Crippen LogP contribution < -0.4 is 0 Å². The Morgan fingerprint density at radius 1 is 1.03 bits per heavy atom. The van der Waals surface area contributed by atoms with E-state index < -0.39 is 16.9 Å². The molecule has 6 rings (SSSR count). The number of unbranched alkanes of at least 4 members (excludes halogenated alkanes) is 6. The van der Waals surface area contributed by atoms with E-state index in [1.807, 2.05) is 0 Å². The molecule has 0 N–H and O–H groups in total. The Morgan fingerprint density at radius 2 is 1.74 bits per heavy atom. The first-order valence-electron chi connectivity index (χ1n) is 13.8. The van der Waals surface area contributed by atoms with Crippen LogP contribution in [0, 0.1) is 34.0 Å². The van der Waals surface area contributed by atoms with Crippen molar-refractivity contribution in [2.24, 2.45) is 34.0 Å². The molecular weight excluding hydrogens is 428 g/mol. The highest BCUT2D eigenvalue weighted by Gasteiger charge is 2.79. The Hall–Kier alpha value is -1.33. The van der Waals surface area contributed by atoms with Gasteiger partial charge in [-0.1, -0.05) is 65.9 Å². The van der Waals surface area contributed by atoms with Gasteiger partial charge in [0.2, 0.25) is 0 Å². The van der Waals surface area contributed by atoms with Crippen molar-refractivity contribution in [3.05, 3.63) is 12.2 Å². The molecule has 188 valence electrons. The standard InChI is InChI=1S/C29H42O5/c1-5-6-7-8-9-10-11-14-33-23-24-27(3,4)22-15-21(30)29(24,17-34-22)20-13-12-19-16-28(20,26(23)32)25(31)18(19)2/h19-20,22-24H,2,5-17H2,1,3-4H3/t19-,20-,22-,23+,24-,28+,29-/m1/s1. The lowest BCUT2D eigenvalue weighted by atomic mass is 9.37. The van der Waals surface area contributed by atoms with Crippen LogP contribution in [0.3, 0.4) is 0 Å². The molecule has 6 fully saturated rings. The molecule has 0 unspecified atom stereocenters. The van der Waals surface area contributed by atoms with Gasteiger partial charge in [0.25, 0.3) is 0 Å². The van der Waals surface area contributed by atoms with E-state index in [2.05, 4.69) is 27.4 Å². The van der Waals surface area contributed by atoms with Crippen LogP contribution in [0.1, 0.15) is 91.4 Å². The maximum Gasteiger partial charge on any atom is 0.176 e. The van der Waals surface area contributed by atoms with Crippen molar-refractivity contribution in [2.45, 2.75) is 104 Å². The van der Waals surface area contributed by atoms with Crippen LogP contribution in [0.15, 0.2) is 12.2 Å². The highest BCUT2D eigenvalue weighted by molar-refractivity contribution is 6.19. The first-order valence-corrected chi connectivity index (χ1v) is 13.8. The van der Waals surface area contributed by atoms with Gasteiger partial charge in [0.05, 0.1) is 23.5 Å². The number of carbonyl (C=O) groups excluding carboxylic acids is 3. The van der Waals surface area contributed by atoms with Gasteiger partial charge in [-0.2, -0.15) is 0 Å². The van der Waals surface area contributed by atoms with Crippen LogP contribution >= 0.6 is 0 Å². The molecule has 4 saturated carbocycles. The number of ketones is 3. The summed E-state index contributed by atoms with van der Waals surface area (Å²) in [6.45, 7) is 11.4. The van der Waals surface area contributed by atoms with Crippen LogP contribution in [-0.2, 0) is 23.9 Å². The Bertz CT molecular complexity index is 889. The van der Waals surface area contributed by atoms with Crippen LogP contribution in [0.2, 0.25) is 0 Å². The fourth-order valence-corrected chi connectivity index (χ4v) is 8.71. The zero-order valence-electron chi connectivity index (χ0n) is 21.3. The molecule has 0 radical (unpaired) electrons. The predicted octanol–water partition coefficient (Wildman–Crippen LogP) is 5.25. The summed E-state index contributed by atoms with van der Waals surface area (Å²) in [6, 6.07) is 0. The lowest BCUT2D eigenvalue weighted by Crippen LogP contribution is -2.77. The first kappa shape index (κ1) is 24.4. The van der Waals surface area contributed by atoms with Crippen molar-refractivity contribution < 1.29 is 23.9 Å². The van der Waals surface area contributed by atoms with Gasteiger partial charge in [0, 0.05) is 18.9 Å². The normalized spacial score (nSPS) is 42.1. The van der Waals surface area contributed by atoms with Crippen molar-refractivity contribution in [1.29, 1.82) is 0 Å². The number of hydrogen-bond acceptors (Lipinski definition) is 5. The van der Waals surface area contributed by atoms with Crippen LogP contribution in [0.25, 0.3) is 0 Å². The molecule has 2 heterocycles. The maximum absolute atomic E-state index is 14.3. The van der Waals surface area contributed by atoms with E-state index in [1.54, 1.807) is 0 Å². The van der Waals surface area contributed by atoms with E-state index in [9.17, 15) is 14.4 Å². The lowest BCUT2D eigenvalue weighted by Gasteiger charge is -2.68. The van der Waals surface area contributed by atoms with Gasteiger partial charge in [-0.05, 0) is 48.5 Å². The molecule has 4 bridgehead atoms. The third-order valence-corrected chi connectivity index (χ3v) is 10.4. The van der Waals surface area contributed by atoms with Gasteiger partial charge in [-0.25, -0.2) is 0 Å². The molecule has 6 aliphatic rings. The number of Topliss-reactive ketones (excluding diaryl/α,β-unsaturated/α-hetero) is 3. The molecule has 2 saturated heterocycles. The summed E-state index contributed by atoms with van der Waals surface area (Å²) in [6.07, 6.45) is 9.76. The summed E-state index contributed by atoms with van der Waals surface area (Å²) in [5.41, 5.74) is -1.71. The summed E-state index contributed by atoms with van der Waals surface area (Å²) < 4.78 is 12.8.